The van der Waals surface area contributed by atoms with Crippen LogP contribution in [0, 0.1) is 12.7 Å². The third-order valence-electron chi connectivity index (χ3n) is 2.85. The van der Waals surface area contributed by atoms with Crippen LogP contribution in [0.1, 0.15) is 16.8 Å². The Hall–Kier alpha value is -1.75. The van der Waals surface area contributed by atoms with E-state index >= 15 is 0 Å². The van der Waals surface area contributed by atoms with Gasteiger partial charge in [-0.25, -0.2) is 9.37 Å². The van der Waals surface area contributed by atoms with Gasteiger partial charge < -0.3 is 4.90 Å². The maximum atomic E-state index is 13.6. The molecule has 0 spiro atoms. The zero-order chi connectivity index (χ0) is 13.8. The van der Waals surface area contributed by atoms with E-state index in [1.54, 1.807) is 24.7 Å². The molecule has 0 bridgehead atoms. The number of thiazole rings is 1. The predicted octanol–water partition coefficient (Wildman–Crippen LogP) is 2.79. The largest absolute Gasteiger partial charge is 0.341 e. The van der Waals surface area contributed by atoms with Crippen molar-refractivity contribution < 1.29 is 9.18 Å². The number of nitrogens with zero attached hydrogens (tertiary/aromatic N) is 2. The molecule has 0 aliphatic rings. The second-order valence-corrected chi connectivity index (χ2v) is 5.22. The molecule has 0 fully saturated rings. The molecule has 0 saturated heterocycles. The zero-order valence-corrected chi connectivity index (χ0v) is 11.7. The van der Waals surface area contributed by atoms with Gasteiger partial charge in [-0.3, -0.25) is 4.79 Å². The van der Waals surface area contributed by atoms with Gasteiger partial charge >= 0.3 is 0 Å². The van der Waals surface area contributed by atoms with Crippen molar-refractivity contribution in [2.24, 2.45) is 0 Å². The molecule has 19 heavy (non-hydrogen) atoms. The third-order valence-corrected chi connectivity index (χ3v) is 3.49. The fourth-order valence-electron chi connectivity index (χ4n) is 1.78. The van der Waals surface area contributed by atoms with Gasteiger partial charge in [-0.2, -0.15) is 0 Å². The first-order valence-corrected chi connectivity index (χ1v) is 6.86. The maximum Gasteiger partial charge on any atom is 0.228 e. The summed E-state index contributed by atoms with van der Waals surface area (Å²) in [5.74, 6) is -0.342. The summed E-state index contributed by atoms with van der Waals surface area (Å²) in [6.07, 6.45) is 0.257. The van der Waals surface area contributed by atoms with Crippen LogP contribution < -0.4 is 0 Å². The lowest BCUT2D eigenvalue weighted by Crippen LogP contribution is -2.28. The molecule has 0 aliphatic carbocycles. The SMILES string of the molecule is Cc1ccc(F)c(CN(C)C(=O)Cc2cscn2)c1. The number of hydrogen-bond acceptors (Lipinski definition) is 3. The average molecular weight is 278 g/mol. The highest BCUT2D eigenvalue weighted by Crippen LogP contribution is 2.13. The lowest BCUT2D eigenvalue weighted by Gasteiger charge is -2.17. The fourth-order valence-corrected chi connectivity index (χ4v) is 2.34. The van der Waals surface area contributed by atoms with E-state index in [0.717, 1.165) is 11.3 Å². The highest BCUT2D eigenvalue weighted by molar-refractivity contribution is 7.07. The molecule has 1 heterocycles. The average Bonchev–Trinajstić information content (AvgIpc) is 2.86. The molecular formula is C14H15FN2OS. The van der Waals surface area contributed by atoms with Crippen LogP contribution in [-0.2, 0) is 17.8 Å². The number of halogens is 1. The summed E-state index contributed by atoms with van der Waals surface area (Å²) in [6.45, 7) is 2.18. The lowest BCUT2D eigenvalue weighted by atomic mass is 10.1. The van der Waals surface area contributed by atoms with E-state index in [9.17, 15) is 9.18 Å². The van der Waals surface area contributed by atoms with Gasteiger partial charge in [-0.1, -0.05) is 17.7 Å². The minimum atomic E-state index is -0.279. The van der Waals surface area contributed by atoms with E-state index < -0.39 is 0 Å². The molecule has 0 radical (unpaired) electrons. The monoisotopic (exact) mass is 278 g/mol. The number of benzene rings is 1. The van der Waals surface area contributed by atoms with Gasteiger partial charge in [-0.05, 0) is 13.0 Å². The second kappa shape index (κ2) is 5.93. The van der Waals surface area contributed by atoms with Crippen molar-refractivity contribution >= 4 is 17.2 Å². The summed E-state index contributed by atoms with van der Waals surface area (Å²) >= 11 is 1.46. The molecule has 1 aromatic carbocycles. The van der Waals surface area contributed by atoms with Crippen LogP contribution in [0.3, 0.4) is 0 Å². The van der Waals surface area contributed by atoms with Gasteiger partial charge in [0.15, 0.2) is 0 Å². The van der Waals surface area contributed by atoms with Crippen molar-refractivity contribution in [3.63, 3.8) is 0 Å². The molecule has 2 rings (SSSR count). The number of amides is 1. The van der Waals surface area contributed by atoms with Crippen molar-refractivity contribution in [1.82, 2.24) is 9.88 Å². The predicted molar refractivity (Wildman–Crippen MR) is 73.4 cm³/mol. The summed E-state index contributed by atoms with van der Waals surface area (Å²) in [7, 11) is 1.68. The number of carbonyl (C=O) groups is 1. The fraction of sp³-hybridized carbons (Fsp3) is 0.286. The number of aryl methyl sites for hydroxylation is 1. The Morgan fingerprint density at radius 1 is 1.47 bits per heavy atom. The molecule has 0 aliphatic heterocycles. The molecule has 2 aromatic rings. The number of aromatic nitrogens is 1. The smallest absolute Gasteiger partial charge is 0.228 e. The Balaban J connectivity index is 2.02. The number of carbonyl (C=O) groups excluding carboxylic acids is 1. The molecule has 0 unspecified atom stereocenters. The summed E-state index contributed by atoms with van der Waals surface area (Å²) in [5.41, 5.74) is 3.97. The van der Waals surface area contributed by atoms with Crippen molar-refractivity contribution in [3.8, 4) is 0 Å². The quantitative estimate of drug-likeness (QED) is 0.861. The first-order chi connectivity index (χ1) is 9.06. The van der Waals surface area contributed by atoms with Gasteiger partial charge in [0.25, 0.3) is 0 Å². The van der Waals surface area contributed by atoms with Crippen LogP contribution >= 0.6 is 11.3 Å². The van der Waals surface area contributed by atoms with Crippen molar-refractivity contribution in [2.45, 2.75) is 19.9 Å². The van der Waals surface area contributed by atoms with Crippen LogP contribution in [0.5, 0.6) is 0 Å². The maximum absolute atomic E-state index is 13.6. The Morgan fingerprint density at radius 3 is 2.95 bits per heavy atom. The molecule has 100 valence electrons. The first kappa shape index (κ1) is 13.7. The number of rotatable bonds is 4. The van der Waals surface area contributed by atoms with E-state index in [1.165, 1.54) is 22.3 Å². The van der Waals surface area contributed by atoms with Crippen molar-refractivity contribution in [3.05, 3.63) is 51.7 Å². The molecule has 0 N–H and O–H groups in total. The normalized spacial score (nSPS) is 10.5. The third kappa shape index (κ3) is 3.61. The van der Waals surface area contributed by atoms with Crippen LogP contribution in [0.4, 0.5) is 4.39 Å². The highest BCUT2D eigenvalue weighted by Gasteiger charge is 2.13. The molecular weight excluding hydrogens is 263 g/mol. The van der Waals surface area contributed by atoms with E-state index in [2.05, 4.69) is 4.98 Å². The van der Waals surface area contributed by atoms with Gasteiger partial charge in [0, 0.05) is 24.5 Å². The van der Waals surface area contributed by atoms with Crippen molar-refractivity contribution in [1.29, 1.82) is 0 Å². The van der Waals surface area contributed by atoms with E-state index in [-0.39, 0.29) is 24.7 Å². The summed E-state index contributed by atoms with van der Waals surface area (Å²) in [4.78, 5) is 17.6. The zero-order valence-electron chi connectivity index (χ0n) is 10.9. The molecule has 1 aromatic heterocycles. The van der Waals surface area contributed by atoms with E-state index in [0.29, 0.717) is 5.56 Å². The van der Waals surface area contributed by atoms with Crippen LogP contribution in [0.15, 0.2) is 29.1 Å². The Bertz CT molecular complexity index is 569. The minimum absolute atomic E-state index is 0.0631. The summed E-state index contributed by atoms with van der Waals surface area (Å²) in [6, 6.07) is 4.92. The van der Waals surface area contributed by atoms with Crippen LogP contribution in [-0.4, -0.2) is 22.8 Å². The molecule has 0 atom stereocenters. The Kier molecular flexibility index (Phi) is 4.27. The second-order valence-electron chi connectivity index (χ2n) is 4.50. The Morgan fingerprint density at radius 2 is 2.26 bits per heavy atom. The lowest BCUT2D eigenvalue weighted by molar-refractivity contribution is -0.129. The first-order valence-electron chi connectivity index (χ1n) is 5.92. The van der Waals surface area contributed by atoms with E-state index in [1.807, 2.05) is 12.3 Å². The van der Waals surface area contributed by atoms with Gasteiger partial charge in [0.1, 0.15) is 5.82 Å². The number of hydrogen-bond donors (Lipinski definition) is 0. The number of likely N-dealkylation sites (N-methyl/N-ethyl adjacent to an activating group) is 1. The molecule has 5 heteroatoms. The van der Waals surface area contributed by atoms with Gasteiger partial charge in [0.2, 0.25) is 5.91 Å². The molecule has 3 nitrogen and oxygen atoms in total. The topological polar surface area (TPSA) is 33.2 Å². The van der Waals surface area contributed by atoms with Crippen LogP contribution in [0.2, 0.25) is 0 Å². The summed E-state index contributed by atoms with van der Waals surface area (Å²) < 4.78 is 13.6. The standard InChI is InChI=1S/C14H15FN2OS/c1-10-3-4-13(15)11(5-10)7-17(2)14(18)6-12-8-19-9-16-12/h3-5,8-9H,6-7H2,1-2H3. The van der Waals surface area contributed by atoms with Gasteiger partial charge in [-0.15, -0.1) is 11.3 Å². The summed E-state index contributed by atoms with van der Waals surface area (Å²) in [5, 5.41) is 1.85. The molecule has 0 saturated carbocycles. The van der Waals surface area contributed by atoms with E-state index in [4.69, 9.17) is 0 Å². The highest BCUT2D eigenvalue weighted by atomic mass is 32.1. The van der Waals surface area contributed by atoms with Crippen molar-refractivity contribution in [2.75, 3.05) is 7.05 Å². The Labute approximate surface area is 115 Å². The molecule has 1 amide bonds. The minimum Gasteiger partial charge on any atom is -0.341 e. The van der Waals surface area contributed by atoms with Gasteiger partial charge in [0.05, 0.1) is 17.6 Å². The van der Waals surface area contributed by atoms with Crippen LogP contribution in [0.25, 0.3) is 0 Å².